The molecule has 1 aromatic carbocycles. The summed E-state index contributed by atoms with van der Waals surface area (Å²) in [5.41, 5.74) is 3.10. The van der Waals surface area contributed by atoms with Gasteiger partial charge in [-0.3, -0.25) is 14.2 Å². The Hall–Kier alpha value is -3.42. The summed E-state index contributed by atoms with van der Waals surface area (Å²) in [5.74, 6) is 1.44. The van der Waals surface area contributed by atoms with Crippen molar-refractivity contribution in [1.29, 1.82) is 0 Å². The van der Waals surface area contributed by atoms with Crippen LogP contribution in [0.25, 0.3) is 11.0 Å². The fraction of sp³-hybridized carbons (Fsp3) is 0.391. The van der Waals surface area contributed by atoms with Crippen LogP contribution in [0, 0.1) is 5.92 Å². The van der Waals surface area contributed by atoms with Gasteiger partial charge in [-0.1, -0.05) is 19.1 Å². The van der Waals surface area contributed by atoms with Crippen molar-refractivity contribution in [2.75, 3.05) is 14.2 Å². The Morgan fingerprint density at radius 3 is 2.90 bits per heavy atom. The molecule has 1 aliphatic carbocycles. The van der Waals surface area contributed by atoms with Crippen LogP contribution in [0.4, 0.5) is 0 Å². The molecule has 1 unspecified atom stereocenters. The van der Waals surface area contributed by atoms with E-state index in [9.17, 15) is 9.59 Å². The van der Waals surface area contributed by atoms with E-state index in [1.807, 2.05) is 18.2 Å². The van der Waals surface area contributed by atoms with E-state index < -0.39 is 0 Å². The molecule has 0 saturated heterocycles. The summed E-state index contributed by atoms with van der Waals surface area (Å²) in [5, 5.41) is 3.28. The summed E-state index contributed by atoms with van der Waals surface area (Å²) in [7, 11) is 3.11. The highest BCUT2D eigenvalue weighted by Crippen LogP contribution is 2.30. The number of hydrogen-bond acceptors (Lipinski definition) is 6. The van der Waals surface area contributed by atoms with E-state index in [-0.39, 0.29) is 24.6 Å². The first kappa shape index (κ1) is 20.8. The first-order valence-electron chi connectivity index (χ1n) is 10.3. The number of methoxy groups -OCH3 is 2. The topological polar surface area (TPSA) is 95.3 Å². The van der Waals surface area contributed by atoms with Crippen LogP contribution < -0.4 is 20.3 Å². The molecule has 0 spiro atoms. The molecule has 1 aliphatic rings. The maximum absolute atomic E-state index is 13.0. The first-order valence-corrected chi connectivity index (χ1v) is 10.3. The van der Waals surface area contributed by atoms with Gasteiger partial charge in [0.15, 0.2) is 17.1 Å². The summed E-state index contributed by atoms with van der Waals surface area (Å²) in [4.78, 5) is 34.4. The van der Waals surface area contributed by atoms with E-state index in [4.69, 9.17) is 9.47 Å². The van der Waals surface area contributed by atoms with E-state index >= 15 is 0 Å². The van der Waals surface area contributed by atoms with E-state index in [1.165, 1.54) is 10.9 Å². The molecule has 31 heavy (non-hydrogen) atoms. The Balaban J connectivity index is 1.52. The zero-order valence-corrected chi connectivity index (χ0v) is 18.0. The normalized spacial score (nSPS) is 15.4. The number of aryl methyl sites for hydroxylation is 1. The smallest absolute Gasteiger partial charge is 0.263 e. The van der Waals surface area contributed by atoms with Gasteiger partial charge in [-0.2, -0.15) is 0 Å². The van der Waals surface area contributed by atoms with Crippen molar-refractivity contribution in [3.63, 3.8) is 0 Å². The molecular formula is C23H26N4O4. The van der Waals surface area contributed by atoms with Gasteiger partial charge in [-0.05, 0) is 42.9 Å². The summed E-state index contributed by atoms with van der Waals surface area (Å²) in [6.45, 7) is 2.33. The number of carbonyl (C=O) groups excluding carboxylic acids is 1. The Morgan fingerprint density at radius 2 is 2.13 bits per heavy atom. The van der Waals surface area contributed by atoms with Crippen LogP contribution in [0.15, 0.2) is 35.4 Å². The lowest BCUT2D eigenvalue weighted by molar-refractivity contribution is -0.121. The number of benzene rings is 1. The molecule has 4 rings (SSSR count). The minimum atomic E-state index is -0.298. The predicted molar refractivity (Wildman–Crippen MR) is 116 cm³/mol. The second-order valence-corrected chi connectivity index (χ2v) is 7.92. The lowest BCUT2D eigenvalue weighted by Gasteiger charge is -2.20. The van der Waals surface area contributed by atoms with Gasteiger partial charge in [0.2, 0.25) is 5.91 Å². The van der Waals surface area contributed by atoms with E-state index in [0.717, 1.165) is 36.1 Å². The molecule has 0 saturated carbocycles. The molecule has 2 heterocycles. The summed E-state index contributed by atoms with van der Waals surface area (Å²) >= 11 is 0. The van der Waals surface area contributed by atoms with Crippen molar-refractivity contribution in [1.82, 2.24) is 19.9 Å². The van der Waals surface area contributed by atoms with E-state index in [1.54, 1.807) is 20.3 Å². The SMILES string of the molecule is COc1cccc(CNC(=O)Cn2cnc3nc4c(cc3c2=O)CC(C)CC4)c1OC. The predicted octanol–water partition coefficient (Wildman–Crippen LogP) is 2.25. The van der Waals surface area contributed by atoms with Crippen LogP contribution in [0.2, 0.25) is 0 Å². The molecule has 0 radical (unpaired) electrons. The molecule has 8 nitrogen and oxygen atoms in total. The Bertz CT molecular complexity index is 1190. The zero-order valence-electron chi connectivity index (χ0n) is 18.0. The molecular weight excluding hydrogens is 396 g/mol. The fourth-order valence-electron chi connectivity index (χ4n) is 4.03. The summed E-state index contributed by atoms with van der Waals surface area (Å²) in [6.07, 6.45) is 4.31. The van der Waals surface area contributed by atoms with Crippen LogP contribution >= 0.6 is 0 Å². The molecule has 8 heteroatoms. The van der Waals surface area contributed by atoms with E-state index in [2.05, 4.69) is 22.2 Å². The second kappa shape index (κ2) is 8.75. The van der Waals surface area contributed by atoms with Gasteiger partial charge >= 0.3 is 0 Å². The van der Waals surface area contributed by atoms with Crippen LogP contribution in [0.5, 0.6) is 11.5 Å². The highest BCUT2D eigenvalue weighted by Gasteiger charge is 2.19. The van der Waals surface area contributed by atoms with Crippen LogP contribution in [-0.4, -0.2) is 34.7 Å². The lowest BCUT2D eigenvalue weighted by atomic mass is 9.87. The third kappa shape index (κ3) is 4.23. The third-order valence-corrected chi connectivity index (χ3v) is 5.70. The van der Waals surface area contributed by atoms with Crippen LogP contribution in [0.3, 0.4) is 0 Å². The van der Waals surface area contributed by atoms with Crippen molar-refractivity contribution in [2.24, 2.45) is 5.92 Å². The van der Waals surface area contributed by atoms with Gasteiger partial charge in [0, 0.05) is 17.8 Å². The van der Waals surface area contributed by atoms with Crippen molar-refractivity contribution >= 4 is 16.9 Å². The number of nitrogens with zero attached hydrogens (tertiary/aromatic N) is 3. The number of fused-ring (bicyclic) bond motifs is 2. The largest absolute Gasteiger partial charge is 0.493 e. The molecule has 0 fully saturated rings. The number of aromatic nitrogens is 3. The first-order chi connectivity index (χ1) is 15.0. The quantitative estimate of drug-likeness (QED) is 0.655. The Kier molecular flexibility index (Phi) is 5.88. The summed E-state index contributed by atoms with van der Waals surface area (Å²) in [6, 6.07) is 7.37. The number of rotatable bonds is 6. The van der Waals surface area contributed by atoms with Gasteiger partial charge in [0.25, 0.3) is 5.56 Å². The molecule has 1 N–H and O–H groups in total. The van der Waals surface area contributed by atoms with E-state index in [0.29, 0.717) is 28.5 Å². The monoisotopic (exact) mass is 422 g/mol. The minimum Gasteiger partial charge on any atom is -0.493 e. The van der Waals surface area contributed by atoms with Crippen molar-refractivity contribution in [3.8, 4) is 11.5 Å². The standard InChI is InChI=1S/C23H26N4O4/c1-14-7-8-18-16(9-14)10-17-22(26-18)25-13-27(23(17)29)12-20(28)24-11-15-5-4-6-19(30-2)21(15)31-3/h4-6,10,13-14H,7-9,11-12H2,1-3H3,(H,24,28). The molecule has 1 atom stereocenters. The molecule has 3 aromatic rings. The fourth-order valence-corrected chi connectivity index (χ4v) is 4.03. The number of para-hydroxylation sites is 1. The average molecular weight is 422 g/mol. The molecule has 0 aliphatic heterocycles. The highest BCUT2D eigenvalue weighted by atomic mass is 16.5. The molecule has 1 amide bonds. The Labute approximate surface area is 180 Å². The second-order valence-electron chi connectivity index (χ2n) is 7.92. The van der Waals surface area contributed by atoms with Crippen LogP contribution in [-0.2, 0) is 30.7 Å². The van der Waals surface area contributed by atoms with Gasteiger partial charge in [-0.15, -0.1) is 0 Å². The maximum atomic E-state index is 13.0. The number of amides is 1. The third-order valence-electron chi connectivity index (χ3n) is 5.70. The molecule has 2 aromatic heterocycles. The van der Waals surface area contributed by atoms with Crippen molar-refractivity contribution in [3.05, 3.63) is 57.8 Å². The minimum absolute atomic E-state index is 0.123. The maximum Gasteiger partial charge on any atom is 0.263 e. The number of ether oxygens (including phenoxy) is 2. The highest BCUT2D eigenvalue weighted by molar-refractivity contribution is 5.77. The number of nitrogens with one attached hydrogen (secondary N) is 1. The average Bonchev–Trinajstić information content (AvgIpc) is 2.78. The number of carbonyl (C=O) groups is 1. The lowest BCUT2D eigenvalue weighted by Crippen LogP contribution is -2.32. The van der Waals surface area contributed by atoms with Gasteiger partial charge in [0.05, 0.1) is 19.6 Å². The Morgan fingerprint density at radius 1 is 1.29 bits per heavy atom. The molecule has 162 valence electrons. The van der Waals surface area contributed by atoms with Gasteiger partial charge < -0.3 is 14.8 Å². The van der Waals surface area contributed by atoms with Gasteiger partial charge in [-0.25, -0.2) is 9.97 Å². The van der Waals surface area contributed by atoms with Crippen molar-refractivity contribution < 1.29 is 14.3 Å². The zero-order chi connectivity index (χ0) is 22.0. The molecule has 0 bridgehead atoms. The summed E-state index contributed by atoms with van der Waals surface area (Å²) < 4.78 is 12.0. The number of pyridine rings is 1. The van der Waals surface area contributed by atoms with Crippen molar-refractivity contribution in [2.45, 2.75) is 39.3 Å². The number of hydrogen-bond donors (Lipinski definition) is 1. The van der Waals surface area contributed by atoms with Crippen LogP contribution in [0.1, 0.15) is 30.2 Å². The van der Waals surface area contributed by atoms with Gasteiger partial charge in [0.1, 0.15) is 12.9 Å².